The van der Waals surface area contributed by atoms with Crippen LogP contribution >= 0.6 is 0 Å². The van der Waals surface area contributed by atoms with Gasteiger partial charge in [0.2, 0.25) is 5.91 Å². The van der Waals surface area contributed by atoms with Gasteiger partial charge >= 0.3 is 0 Å². The van der Waals surface area contributed by atoms with Gasteiger partial charge in [0.1, 0.15) is 0 Å². The average molecular weight is 185 g/mol. The van der Waals surface area contributed by atoms with Crippen LogP contribution in [0.1, 0.15) is 13.3 Å². The predicted octanol–water partition coefficient (Wildman–Crippen LogP) is -0.504. The molecule has 2 N–H and O–H groups in total. The van der Waals surface area contributed by atoms with Gasteiger partial charge in [-0.1, -0.05) is 0 Å². The molecule has 1 aliphatic heterocycles. The van der Waals surface area contributed by atoms with Gasteiger partial charge in [-0.3, -0.25) is 4.79 Å². The van der Waals surface area contributed by atoms with Crippen molar-refractivity contribution in [3.63, 3.8) is 0 Å². The van der Waals surface area contributed by atoms with Gasteiger partial charge in [0.25, 0.3) is 0 Å². The number of amides is 1. The normalized spacial score (nSPS) is 25.3. The molecule has 1 aliphatic rings. The zero-order chi connectivity index (χ0) is 10.0. The summed E-state index contributed by atoms with van der Waals surface area (Å²) in [6.45, 7) is 3.42. The van der Waals surface area contributed by atoms with Crippen molar-refractivity contribution in [2.45, 2.75) is 25.4 Å². The maximum absolute atomic E-state index is 11.5. The lowest BCUT2D eigenvalue weighted by Gasteiger charge is -2.21. The molecule has 76 valence electrons. The van der Waals surface area contributed by atoms with Crippen LogP contribution in [0.25, 0.3) is 0 Å². The largest absolute Gasteiger partial charge is 0.340 e. The average Bonchev–Trinajstić information content (AvgIpc) is 2.50. The van der Waals surface area contributed by atoms with Gasteiger partial charge in [-0.2, -0.15) is 0 Å². The second kappa shape index (κ2) is 4.07. The van der Waals surface area contributed by atoms with Crippen molar-refractivity contribution in [2.75, 3.05) is 27.2 Å². The molecule has 2 atom stereocenters. The number of nitrogens with zero attached hydrogens (tertiary/aromatic N) is 2. The molecule has 1 saturated heterocycles. The van der Waals surface area contributed by atoms with Gasteiger partial charge in [-0.25, -0.2) is 0 Å². The van der Waals surface area contributed by atoms with Crippen molar-refractivity contribution in [1.29, 1.82) is 0 Å². The third-order valence-corrected chi connectivity index (χ3v) is 2.59. The summed E-state index contributed by atoms with van der Waals surface area (Å²) in [6, 6.07) is 0.142. The molecule has 4 heteroatoms. The van der Waals surface area contributed by atoms with E-state index in [1.54, 1.807) is 6.92 Å². The fourth-order valence-corrected chi connectivity index (χ4v) is 1.65. The quantitative estimate of drug-likeness (QED) is 0.631. The van der Waals surface area contributed by atoms with Crippen molar-refractivity contribution in [3.05, 3.63) is 0 Å². The van der Waals surface area contributed by atoms with E-state index in [1.165, 1.54) is 0 Å². The number of carbonyl (C=O) groups is 1. The summed E-state index contributed by atoms with van der Waals surface area (Å²) in [6.07, 6.45) is 1.06. The molecule has 0 radical (unpaired) electrons. The molecule has 13 heavy (non-hydrogen) atoms. The smallest absolute Gasteiger partial charge is 0.239 e. The van der Waals surface area contributed by atoms with E-state index in [0.29, 0.717) is 6.04 Å². The van der Waals surface area contributed by atoms with E-state index in [0.717, 1.165) is 19.5 Å². The number of hydrogen-bond donors (Lipinski definition) is 1. The second-order valence-corrected chi connectivity index (χ2v) is 3.98. The number of rotatable bonds is 2. The van der Waals surface area contributed by atoms with E-state index < -0.39 is 0 Å². The number of nitrogens with two attached hydrogens (primary N) is 1. The molecule has 0 aliphatic carbocycles. The number of likely N-dealkylation sites (tertiary alicyclic amines) is 1. The summed E-state index contributed by atoms with van der Waals surface area (Å²) in [5.74, 6) is 0.0735. The monoisotopic (exact) mass is 185 g/mol. The van der Waals surface area contributed by atoms with Crippen LogP contribution in [0.3, 0.4) is 0 Å². The first-order chi connectivity index (χ1) is 6.02. The Kier molecular flexibility index (Phi) is 3.27. The molecule has 0 aromatic carbocycles. The highest BCUT2D eigenvalue weighted by molar-refractivity contribution is 5.81. The molecule has 0 aromatic rings. The Bertz CT molecular complexity index is 191. The fourth-order valence-electron chi connectivity index (χ4n) is 1.65. The minimum Gasteiger partial charge on any atom is -0.340 e. The van der Waals surface area contributed by atoms with Crippen molar-refractivity contribution in [1.82, 2.24) is 9.80 Å². The lowest BCUT2D eigenvalue weighted by molar-refractivity contribution is -0.131. The predicted molar refractivity (Wildman–Crippen MR) is 52.3 cm³/mol. The highest BCUT2D eigenvalue weighted by Gasteiger charge is 2.28. The number of hydrogen-bond acceptors (Lipinski definition) is 3. The lowest BCUT2D eigenvalue weighted by Crippen LogP contribution is -2.42. The van der Waals surface area contributed by atoms with Crippen LogP contribution in [-0.2, 0) is 4.79 Å². The molecular weight excluding hydrogens is 166 g/mol. The molecule has 0 saturated carbocycles. The Hall–Kier alpha value is -0.610. The summed E-state index contributed by atoms with van der Waals surface area (Å²) in [7, 11) is 4.09. The van der Waals surface area contributed by atoms with E-state index >= 15 is 0 Å². The first-order valence-electron chi connectivity index (χ1n) is 4.73. The van der Waals surface area contributed by atoms with Gasteiger partial charge in [0, 0.05) is 19.1 Å². The molecule has 1 heterocycles. The molecule has 1 unspecified atom stereocenters. The van der Waals surface area contributed by atoms with Crippen LogP contribution < -0.4 is 5.73 Å². The van der Waals surface area contributed by atoms with E-state index in [4.69, 9.17) is 5.73 Å². The van der Waals surface area contributed by atoms with Crippen molar-refractivity contribution in [3.8, 4) is 0 Å². The maximum Gasteiger partial charge on any atom is 0.239 e. The van der Waals surface area contributed by atoms with E-state index in [-0.39, 0.29) is 11.9 Å². The van der Waals surface area contributed by atoms with Crippen molar-refractivity contribution < 1.29 is 4.79 Å². The van der Waals surface area contributed by atoms with Crippen LogP contribution in [0, 0.1) is 0 Å². The third-order valence-electron chi connectivity index (χ3n) is 2.59. The highest BCUT2D eigenvalue weighted by atomic mass is 16.2. The minimum absolute atomic E-state index is 0.0735. The summed E-state index contributed by atoms with van der Waals surface area (Å²) < 4.78 is 0. The Morgan fingerprint density at radius 3 is 2.62 bits per heavy atom. The summed E-state index contributed by atoms with van der Waals surface area (Å²) in [4.78, 5) is 15.5. The topological polar surface area (TPSA) is 49.6 Å². The Morgan fingerprint density at radius 2 is 2.23 bits per heavy atom. The molecule has 1 fully saturated rings. The van der Waals surface area contributed by atoms with Crippen LogP contribution in [-0.4, -0.2) is 55.0 Å². The molecule has 4 nitrogen and oxygen atoms in total. The number of likely N-dealkylation sites (N-methyl/N-ethyl adjacent to an activating group) is 1. The van der Waals surface area contributed by atoms with Crippen LogP contribution in [0.5, 0.6) is 0 Å². The molecule has 0 bridgehead atoms. The number of carbonyl (C=O) groups excluding carboxylic acids is 1. The van der Waals surface area contributed by atoms with Crippen molar-refractivity contribution >= 4 is 5.91 Å². The van der Waals surface area contributed by atoms with Crippen LogP contribution in [0.15, 0.2) is 0 Å². The fraction of sp³-hybridized carbons (Fsp3) is 0.889. The molecule has 1 rings (SSSR count). The summed E-state index contributed by atoms with van der Waals surface area (Å²) >= 11 is 0. The van der Waals surface area contributed by atoms with Gasteiger partial charge in [-0.15, -0.1) is 0 Å². The SMILES string of the molecule is C[C@@H](N)C(=O)N1CCC(N(C)C)C1. The Labute approximate surface area is 79.7 Å². The minimum atomic E-state index is -0.360. The van der Waals surface area contributed by atoms with Gasteiger partial charge < -0.3 is 15.5 Å². The van der Waals surface area contributed by atoms with Gasteiger partial charge in [-0.05, 0) is 27.4 Å². The molecule has 1 amide bonds. The van der Waals surface area contributed by atoms with Crippen LogP contribution in [0.2, 0.25) is 0 Å². The highest BCUT2D eigenvalue weighted by Crippen LogP contribution is 2.13. The van der Waals surface area contributed by atoms with Crippen molar-refractivity contribution in [2.24, 2.45) is 5.73 Å². The molecule has 0 aromatic heterocycles. The Balaban J connectivity index is 2.45. The Morgan fingerprint density at radius 1 is 1.62 bits per heavy atom. The zero-order valence-electron chi connectivity index (χ0n) is 8.66. The van der Waals surface area contributed by atoms with E-state index in [9.17, 15) is 4.79 Å². The van der Waals surface area contributed by atoms with Crippen LogP contribution in [0.4, 0.5) is 0 Å². The lowest BCUT2D eigenvalue weighted by atomic mass is 10.2. The zero-order valence-corrected chi connectivity index (χ0v) is 8.66. The standard InChI is InChI=1S/C9H19N3O/c1-7(10)9(13)12-5-4-8(6-12)11(2)3/h7-8H,4-6,10H2,1-3H3/t7-,8?/m1/s1. The summed E-state index contributed by atoms with van der Waals surface area (Å²) in [5, 5.41) is 0. The first-order valence-corrected chi connectivity index (χ1v) is 4.73. The van der Waals surface area contributed by atoms with Gasteiger partial charge in [0.15, 0.2) is 0 Å². The van der Waals surface area contributed by atoms with E-state index in [1.807, 2.05) is 19.0 Å². The van der Waals surface area contributed by atoms with Gasteiger partial charge in [0.05, 0.1) is 6.04 Å². The second-order valence-electron chi connectivity index (χ2n) is 3.98. The maximum atomic E-state index is 11.5. The molecule has 0 spiro atoms. The summed E-state index contributed by atoms with van der Waals surface area (Å²) in [5.41, 5.74) is 5.53. The van der Waals surface area contributed by atoms with E-state index in [2.05, 4.69) is 4.90 Å². The molecular formula is C9H19N3O. The first kappa shape index (κ1) is 10.5. The third kappa shape index (κ3) is 2.42.